The van der Waals surface area contributed by atoms with E-state index in [9.17, 15) is 14.4 Å². The third kappa shape index (κ3) is 4.79. The molecule has 0 unspecified atom stereocenters. The van der Waals surface area contributed by atoms with Crippen molar-refractivity contribution in [3.63, 3.8) is 0 Å². The number of anilines is 1. The van der Waals surface area contributed by atoms with Crippen LogP contribution in [0.2, 0.25) is 0 Å². The summed E-state index contributed by atoms with van der Waals surface area (Å²) in [5, 5.41) is 1.06. The molecule has 0 bridgehead atoms. The molecule has 2 aromatic carbocycles. The molecular weight excluding hydrogens is 466 g/mol. The van der Waals surface area contributed by atoms with Gasteiger partial charge in [0, 0.05) is 17.7 Å². The molecule has 2 aliphatic rings. The molecule has 2 aliphatic heterocycles. The SMILES string of the molecule is CCCCCCCN1C(=O)/C(=C2\SC(=S)N(NC(=O)c3ccc(C)cc3)C2=O)c2ccccc21. The highest BCUT2D eigenvalue weighted by Gasteiger charge is 2.42. The Kier molecular flexibility index (Phi) is 7.48. The lowest BCUT2D eigenvalue weighted by Crippen LogP contribution is -2.45. The maximum atomic E-state index is 13.5. The van der Waals surface area contributed by atoms with Crippen LogP contribution in [0.4, 0.5) is 5.69 Å². The molecule has 0 aromatic heterocycles. The lowest BCUT2D eigenvalue weighted by atomic mass is 10.1. The van der Waals surface area contributed by atoms with Crippen LogP contribution in [0.5, 0.6) is 0 Å². The van der Waals surface area contributed by atoms with Crippen LogP contribution in [0.15, 0.2) is 53.4 Å². The Morgan fingerprint density at radius 1 is 0.971 bits per heavy atom. The highest BCUT2D eigenvalue weighted by Crippen LogP contribution is 2.44. The number of unbranched alkanes of at least 4 members (excludes halogenated alkanes) is 4. The van der Waals surface area contributed by atoms with Gasteiger partial charge in [0.05, 0.1) is 16.2 Å². The number of aryl methyl sites for hydroxylation is 1. The largest absolute Gasteiger partial charge is 0.308 e. The maximum Gasteiger partial charge on any atom is 0.286 e. The molecule has 1 saturated heterocycles. The maximum absolute atomic E-state index is 13.5. The second-order valence-electron chi connectivity index (χ2n) is 8.41. The van der Waals surface area contributed by atoms with Crippen molar-refractivity contribution in [1.29, 1.82) is 0 Å². The van der Waals surface area contributed by atoms with Gasteiger partial charge in [-0.25, -0.2) is 0 Å². The van der Waals surface area contributed by atoms with Gasteiger partial charge >= 0.3 is 0 Å². The van der Waals surface area contributed by atoms with Crippen molar-refractivity contribution in [2.45, 2.75) is 46.0 Å². The number of hydrazine groups is 1. The summed E-state index contributed by atoms with van der Waals surface area (Å²) < 4.78 is 0.191. The Morgan fingerprint density at radius 3 is 2.41 bits per heavy atom. The minimum atomic E-state index is -0.488. The smallest absolute Gasteiger partial charge is 0.286 e. The Morgan fingerprint density at radius 2 is 1.68 bits per heavy atom. The summed E-state index contributed by atoms with van der Waals surface area (Å²) >= 11 is 6.44. The first-order chi connectivity index (χ1) is 16.4. The number of fused-ring (bicyclic) bond motifs is 1. The molecule has 6 nitrogen and oxygen atoms in total. The highest BCUT2D eigenvalue weighted by molar-refractivity contribution is 8.26. The van der Waals surface area contributed by atoms with E-state index in [4.69, 9.17) is 12.2 Å². The summed E-state index contributed by atoms with van der Waals surface area (Å²) in [7, 11) is 0. The molecule has 0 atom stereocenters. The molecule has 0 radical (unpaired) electrons. The molecule has 176 valence electrons. The lowest BCUT2D eigenvalue weighted by Gasteiger charge is -2.17. The zero-order valence-electron chi connectivity index (χ0n) is 19.3. The Balaban J connectivity index is 1.57. The number of nitrogens with one attached hydrogen (secondary N) is 1. The molecule has 0 aliphatic carbocycles. The molecule has 0 saturated carbocycles. The van der Waals surface area contributed by atoms with Crippen LogP contribution in [0.1, 0.15) is 60.5 Å². The summed E-state index contributed by atoms with van der Waals surface area (Å²) in [5.41, 5.74) is 5.94. The molecule has 1 fully saturated rings. The van der Waals surface area contributed by atoms with E-state index >= 15 is 0 Å². The molecule has 2 heterocycles. The van der Waals surface area contributed by atoms with Gasteiger partial charge in [0.2, 0.25) is 0 Å². The summed E-state index contributed by atoms with van der Waals surface area (Å²) in [5.74, 6) is -1.12. The van der Waals surface area contributed by atoms with Crippen molar-refractivity contribution >= 4 is 57.3 Å². The van der Waals surface area contributed by atoms with E-state index in [1.54, 1.807) is 17.0 Å². The van der Waals surface area contributed by atoms with Gasteiger partial charge in [0.1, 0.15) is 0 Å². The number of hydrogen-bond acceptors (Lipinski definition) is 5. The fraction of sp³-hybridized carbons (Fsp3) is 0.308. The number of para-hydroxylation sites is 1. The second-order valence-corrected chi connectivity index (χ2v) is 10.1. The molecule has 34 heavy (non-hydrogen) atoms. The van der Waals surface area contributed by atoms with Crippen LogP contribution in [0.3, 0.4) is 0 Å². The van der Waals surface area contributed by atoms with E-state index in [2.05, 4.69) is 12.3 Å². The third-order valence-corrected chi connectivity index (χ3v) is 7.30. The molecule has 0 spiro atoms. The average molecular weight is 494 g/mol. The molecule has 2 aromatic rings. The Hall–Kier alpha value is -2.97. The number of nitrogens with zero attached hydrogens (tertiary/aromatic N) is 2. The van der Waals surface area contributed by atoms with E-state index in [0.29, 0.717) is 17.7 Å². The first kappa shape index (κ1) is 24.2. The van der Waals surface area contributed by atoms with Crippen LogP contribution in [0, 0.1) is 6.92 Å². The molecule has 1 N–H and O–H groups in total. The zero-order valence-corrected chi connectivity index (χ0v) is 20.9. The summed E-state index contributed by atoms with van der Waals surface area (Å²) in [6.45, 7) is 4.71. The Bertz CT molecular complexity index is 1170. The molecule has 3 amide bonds. The normalized spacial score (nSPS) is 17.5. The van der Waals surface area contributed by atoms with Gasteiger partial charge in [0.25, 0.3) is 17.7 Å². The summed E-state index contributed by atoms with van der Waals surface area (Å²) in [4.78, 5) is 41.4. The molecular formula is C26H27N3O3S2. The van der Waals surface area contributed by atoms with Gasteiger partial charge in [-0.15, -0.1) is 0 Å². The number of amides is 3. The minimum Gasteiger partial charge on any atom is -0.308 e. The van der Waals surface area contributed by atoms with Crippen LogP contribution in [0.25, 0.3) is 5.57 Å². The predicted octanol–water partition coefficient (Wildman–Crippen LogP) is 5.23. The number of benzene rings is 2. The second kappa shape index (κ2) is 10.5. The third-order valence-electron chi connectivity index (χ3n) is 5.93. The van der Waals surface area contributed by atoms with Crippen LogP contribution >= 0.6 is 24.0 Å². The predicted molar refractivity (Wildman–Crippen MR) is 140 cm³/mol. The van der Waals surface area contributed by atoms with E-state index in [-0.39, 0.29) is 15.1 Å². The standard InChI is InChI=1S/C26H27N3O3S2/c1-3-4-5-6-9-16-28-20-11-8-7-10-19(20)21(24(28)31)22-25(32)29(26(33)34-22)27-23(30)18-14-12-17(2)13-15-18/h7-8,10-15H,3-6,9,16H2,1-2H3,(H,27,30)/b22-21-. The summed E-state index contributed by atoms with van der Waals surface area (Å²) in [6, 6.07) is 14.6. The zero-order chi connectivity index (χ0) is 24.2. The highest BCUT2D eigenvalue weighted by atomic mass is 32.2. The van der Waals surface area contributed by atoms with Crippen LogP contribution in [-0.4, -0.2) is 33.6 Å². The lowest BCUT2D eigenvalue weighted by molar-refractivity contribution is -0.124. The van der Waals surface area contributed by atoms with E-state index in [1.807, 2.05) is 43.3 Å². The fourth-order valence-corrected chi connectivity index (χ4v) is 5.33. The average Bonchev–Trinajstić information content (AvgIpc) is 3.26. The summed E-state index contributed by atoms with van der Waals surface area (Å²) in [6.07, 6.45) is 5.46. The van der Waals surface area contributed by atoms with Gasteiger partial charge in [-0.3, -0.25) is 19.8 Å². The molecule has 4 rings (SSSR count). The number of thiocarbonyl (C=S) groups is 1. The number of hydrogen-bond donors (Lipinski definition) is 1. The van der Waals surface area contributed by atoms with E-state index in [1.165, 1.54) is 6.42 Å². The van der Waals surface area contributed by atoms with Crippen molar-refractivity contribution in [3.05, 3.63) is 70.1 Å². The number of rotatable bonds is 8. The monoisotopic (exact) mass is 493 g/mol. The Labute approximate surface area is 209 Å². The van der Waals surface area contributed by atoms with E-state index in [0.717, 1.165) is 59.3 Å². The van der Waals surface area contributed by atoms with Gasteiger partial charge in [-0.05, 0) is 43.8 Å². The number of carbonyl (C=O) groups excluding carboxylic acids is 3. The van der Waals surface area contributed by atoms with Crippen molar-refractivity contribution < 1.29 is 14.4 Å². The van der Waals surface area contributed by atoms with Gasteiger partial charge in [0.15, 0.2) is 4.32 Å². The van der Waals surface area contributed by atoms with Crippen molar-refractivity contribution in [2.24, 2.45) is 0 Å². The van der Waals surface area contributed by atoms with Crippen LogP contribution in [-0.2, 0) is 9.59 Å². The van der Waals surface area contributed by atoms with Crippen LogP contribution < -0.4 is 10.3 Å². The van der Waals surface area contributed by atoms with Crippen molar-refractivity contribution in [2.75, 3.05) is 11.4 Å². The molecule has 8 heteroatoms. The fourth-order valence-electron chi connectivity index (χ4n) is 4.08. The first-order valence-electron chi connectivity index (χ1n) is 11.5. The van der Waals surface area contributed by atoms with Crippen molar-refractivity contribution in [1.82, 2.24) is 10.4 Å². The van der Waals surface area contributed by atoms with Gasteiger partial charge < -0.3 is 4.90 Å². The topological polar surface area (TPSA) is 69.7 Å². The number of carbonyl (C=O) groups is 3. The van der Waals surface area contributed by atoms with Gasteiger partial charge in [-0.1, -0.05) is 80.3 Å². The van der Waals surface area contributed by atoms with E-state index < -0.39 is 11.8 Å². The van der Waals surface area contributed by atoms with Gasteiger partial charge in [-0.2, -0.15) is 5.01 Å². The first-order valence-corrected chi connectivity index (χ1v) is 12.7. The number of thioether (sulfide) groups is 1. The quantitative estimate of drug-likeness (QED) is 0.310. The van der Waals surface area contributed by atoms with Crippen molar-refractivity contribution in [3.8, 4) is 0 Å². The minimum absolute atomic E-state index is 0.191.